The fourth-order valence-electron chi connectivity index (χ4n) is 1.85. The van der Waals surface area contributed by atoms with Gasteiger partial charge in [0.1, 0.15) is 5.75 Å². The van der Waals surface area contributed by atoms with E-state index >= 15 is 0 Å². The van der Waals surface area contributed by atoms with Crippen molar-refractivity contribution in [2.75, 3.05) is 7.11 Å². The van der Waals surface area contributed by atoms with Crippen molar-refractivity contribution in [1.29, 1.82) is 0 Å². The highest BCUT2D eigenvalue weighted by Crippen LogP contribution is 2.18. The third-order valence-electron chi connectivity index (χ3n) is 2.75. The Morgan fingerprint density at radius 3 is 2.94 bits per heavy atom. The van der Waals surface area contributed by atoms with Gasteiger partial charge in [-0.15, -0.1) is 0 Å². The van der Waals surface area contributed by atoms with Crippen LogP contribution < -0.4 is 4.74 Å². The number of hydrogen-bond donors (Lipinski definition) is 0. The predicted octanol–water partition coefficient (Wildman–Crippen LogP) is 3.40. The van der Waals surface area contributed by atoms with Crippen LogP contribution in [0.2, 0.25) is 0 Å². The van der Waals surface area contributed by atoms with Gasteiger partial charge in [-0.05, 0) is 31.4 Å². The highest BCUT2D eigenvalue weighted by molar-refractivity contribution is 5.46. The van der Waals surface area contributed by atoms with Crippen LogP contribution in [0.4, 0.5) is 0 Å². The van der Waals surface area contributed by atoms with E-state index in [0.717, 1.165) is 11.3 Å². The Hall–Kier alpha value is -1.68. The molecule has 1 aliphatic carbocycles. The van der Waals surface area contributed by atoms with E-state index in [1.807, 2.05) is 24.3 Å². The van der Waals surface area contributed by atoms with Gasteiger partial charge in [0, 0.05) is 5.92 Å². The lowest BCUT2D eigenvalue weighted by Crippen LogP contribution is -1.97. The van der Waals surface area contributed by atoms with Gasteiger partial charge in [0.25, 0.3) is 0 Å². The van der Waals surface area contributed by atoms with E-state index in [-0.39, 0.29) is 0 Å². The molecule has 2 rings (SSSR count). The molecule has 1 aliphatic rings. The van der Waals surface area contributed by atoms with Crippen molar-refractivity contribution in [3.05, 3.63) is 42.0 Å². The first-order valence-electron chi connectivity index (χ1n) is 5.71. The number of para-hydroxylation sites is 1. The number of rotatable bonds is 1. The Morgan fingerprint density at radius 2 is 2.19 bits per heavy atom. The number of methoxy groups -OCH3 is 1. The monoisotopic (exact) mass is 212 g/mol. The largest absolute Gasteiger partial charge is 0.495 e. The summed E-state index contributed by atoms with van der Waals surface area (Å²) in [5.74, 6) is 7.78. The van der Waals surface area contributed by atoms with Crippen molar-refractivity contribution in [3.63, 3.8) is 0 Å². The van der Waals surface area contributed by atoms with Crippen LogP contribution in [0.5, 0.6) is 5.75 Å². The molecule has 0 amide bonds. The van der Waals surface area contributed by atoms with Gasteiger partial charge >= 0.3 is 0 Å². The second-order valence-electron chi connectivity index (χ2n) is 3.94. The van der Waals surface area contributed by atoms with E-state index in [0.29, 0.717) is 5.92 Å². The maximum absolute atomic E-state index is 5.26. The molecule has 0 saturated heterocycles. The molecule has 0 aromatic heterocycles. The van der Waals surface area contributed by atoms with Crippen LogP contribution in [-0.4, -0.2) is 7.11 Å². The zero-order valence-electron chi connectivity index (χ0n) is 9.57. The summed E-state index contributed by atoms with van der Waals surface area (Å²) in [4.78, 5) is 0. The van der Waals surface area contributed by atoms with E-state index in [1.165, 1.54) is 19.3 Å². The van der Waals surface area contributed by atoms with Crippen molar-refractivity contribution in [1.82, 2.24) is 0 Å². The SMILES string of the molecule is COc1ccccc1C#CC1C=CCCC1. The Kier molecular flexibility index (Phi) is 3.66. The summed E-state index contributed by atoms with van der Waals surface area (Å²) >= 11 is 0. The Labute approximate surface area is 97.1 Å². The maximum Gasteiger partial charge on any atom is 0.134 e. The molecule has 1 aromatic rings. The Bertz CT molecular complexity index is 434. The van der Waals surface area contributed by atoms with Crippen molar-refractivity contribution >= 4 is 0 Å². The molecule has 1 aromatic carbocycles. The van der Waals surface area contributed by atoms with Crippen LogP contribution in [0.15, 0.2) is 36.4 Å². The van der Waals surface area contributed by atoms with Crippen molar-refractivity contribution in [2.24, 2.45) is 5.92 Å². The molecule has 82 valence electrons. The molecule has 1 unspecified atom stereocenters. The molecule has 0 spiro atoms. The van der Waals surface area contributed by atoms with Crippen LogP contribution in [0.25, 0.3) is 0 Å². The normalized spacial score (nSPS) is 18.7. The summed E-state index contributed by atoms with van der Waals surface area (Å²) in [6, 6.07) is 7.90. The molecular weight excluding hydrogens is 196 g/mol. The van der Waals surface area contributed by atoms with E-state index in [1.54, 1.807) is 7.11 Å². The van der Waals surface area contributed by atoms with Crippen LogP contribution >= 0.6 is 0 Å². The first-order chi connectivity index (χ1) is 7.90. The van der Waals surface area contributed by atoms with E-state index in [2.05, 4.69) is 24.0 Å². The first kappa shape index (κ1) is 10.8. The third kappa shape index (κ3) is 2.67. The van der Waals surface area contributed by atoms with E-state index in [4.69, 9.17) is 4.74 Å². The number of allylic oxidation sites excluding steroid dienone is 2. The summed E-state index contributed by atoms with van der Waals surface area (Å²) in [6.45, 7) is 0. The minimum Gasteiger partial charge on any atom is -0.495 e. The number of hydrogen-bond acceptors (Lipinski definition) is 1. The summed E-state index contributed by atoms with van der Waals surface area (Å²) in [7, 11) is 1.68. The minimum atomic E-state index is 0.415. The fourth-order valence-corrected chi connectivity index (χ4v) is 1.85. The molecule has 0 bridgehead atoms. The molecule has 0 fully saturated rings. The lowest BCUT2D eigenvalue weighted by molar-refractivity contribution is 0.413. The van der Waals surface area contributed by atoms with Crippen LogP contribution in [0, 0.1) is 17.8 Å². The van der Waals surface area contributed by atoms with Gasteiger partial charge < -0.3 is 4.74 Å². The van der Waals surface area contributed by atoms with Gasteiger partial charge in [-0.25, -0.2) is 0 Å². The van der Waals surface area contributed by atoms with E-state index in [9.17, 15) is 0 Å². The number of ether oxygens (including phenoxy) is 1. The first-order valence-corrected chi connectivity index (χ1v) is 5.71. The van der Waals surface area contributed by atoms with Gasteiger partial charge in [-0.3, -0.25) is 0 Å². The average Bonchev–Trinajstić information content (AvgIpc) is 2.38. The molecule has 0 aliphatic heterocycles. The van der Waals surface area contributed by atoms with Crippen LogP contribution in [-0.2, 0) is 0 Å². The predicted molar refractivity (Wildman–Crippen MR) is 66.4 cm³/mol. The van der Waals surface area contributed by atoms with Crippen molar-refractivity contribution < 1.29 is 4.74 Å². The summed E-state index contributed by atoms with van der Waals surface area (Å²) in [5.41, 5.74) is 0.976. The summed E-state index contributed by atoms with van der Waals surface area (Å²) in [5, 5.41) is 0. The minimum absolute atomic E-state index is 0.415. The maximum atomic E-state index is 5.26. The molecule has 0 radical (unpaired) electrons. The van der Waals surface area contributed by atoms with Gasteiger partial charge in [-0.2, -0.15) is 0 Å². The molecule has 1 nitrogen and oxygen atoms in total. The van der Waals surface area contributed by atoms with Gasteiger partial charge in [0.15, 0.2) is 0 Å². The van der Waals surface area contributed by atoms with Crippen LogP contribution in [0.1, 0.15) is 24.8 Å². The average molecular weight is 212 g/mol. The van der Waals surface area contributed by atoms with Crippen LogP contribution in [0.3, 0.4) is 0 Å². The fraction of sp³-hybridized carbons (Fsp3) is 0.333. The molecule has 0 saturated carbocycles. The third-order valence-corrected chi connectivity index (χ3v) is 2.75. The summed E-state index contributed by atoms with van der Waals surface area (Å²) < 4.78 is 5.26. The highest BCUT2D eigenvalue weighted by atomic mass is 16.5. The van der Waals surface area contributed by atoms with Crippen molar-refractivity contribution in [2.45, 2.75) is 19.3 Å². The Balaban J connectivity index is 2.16. The summed E-state index contributed by atoms with van der Waals surface area (Å²) in [6.07, 6.45) is 8.07. The number of benzene rings is 1. The molecule has 1 heteroatoms. The molecular formula is C15H16O. The topological polar surface area (TPSA) is 9.23 Å². The van der Waals surface area contributed by atoms with Gasteiger partial charge in [0.05, 0.1) is 12.7 Å². The second-order valence-corrected chi connectivity index (χ2v) is 3.94. The standard InChI is InChI=1S/C15H16O/c1-16-15-10-6-5-9-14(15)12-11-13-7-3-2-4-8-13/h3,5-7,9-10,13H,2,4,8H2,1H3. The smallest absolute Gasteiger partial charge is 0.134 e. The van der Waals surface area contributed by atoms with E-state index < -0.39 is 0 Å². The quantitative estimate of drug-likeness (QED) is 0.512. The molecule has 0 heterocycles. The zero-order valence-corrected chi connectivity index (χ0v) is 9.57. The van der Waals surface area contributed by atoms with Gasteiger partial charge in [0.2, 0.25) is 0 Å². The Morgan fingerprint density at radius 1 is 1.31 bits per heavy atom. The highest BCUT2D eigenvalue weighted by Gasteiger charge is 2.04. The molecule has 0 N–H and O–H groups in total. The lowest BCUT2D eigenvalue weighted by atomic mass is 9.96. The lowest BCUT2D eigenvalue weighted by Gasteiger charge is -2.09. The zero-order chi connectivity index (χ0) is 11.2. The molecule has 16 heavy (non-hydrogen) atoms. The van der Waals surface area contributed by atoms with Gasteiger partial charge in [-0.1, -0.05) is 36.1 Å². The second kappa shape index (κ2) is 5.42. The van der Waals surface area contributed by atoms with Crippen molar-refractivity contribution in [3.8, 4) is 17.6 Å². The molecule has 1 atom stereocenters.